The molecular formula is C38H22N4O2. The van der Waals surface area contributed by atoms with Gasteiger partial charge in [-0.05, 0) is 54.6 Å². The topological polar surface area (TPSA) is 50.7 Å². The van der Waals surface area contributed by atoms with Gasteiger partial charge in [0.15, 0.2) is 23.0 Å². The van der Waals surface area contributed by atoms with E-state index in [1.165, 1.54) is 0 Å². The van der Waals surface area contributed by atoms with Crippen molar-refractivity contribution in [2.24, 2.45) is 0 Å². The van der Waals surface area contributed by atoms with Gasteiger partial charge in [0.05, 0.1) is 45.5 Å². The van der Waals surface area contributed by atoms with Crippen LogP contribution in [0.25, 0.3) is 33.3 Å². The Morgan fingerprint density at radius 1 is 0.432 bits per heavy atom. The van der Waals surface area contributed by atoms with Gasteiger partial charge in [-0.25, -0.2) is 0 Å². The van der Waals surface area contributed by atoms with Crippen LogP contribution in [-0.4, -0.2) is 9.97 Å². The Bertz CT molecular complexity index is 2240. The third-order valence-electron chi connectivity index (χ3n) is 8.65. The molecule has 1 aromatic heterocycles. The molecule has 0 saturated heterocycles. The summed E-state index contributed by atoms with van der Waals surface area (Å²) in [7, 11) is 0. The molecule has 0 bridgehead atoms. The molecule has 0 atom stereocenters. The van der Waals surface area contributed by atoms with E-state index >= 15 is 0 Å². The Morgan fingerprint density at radius 3 is 1.45 bits per heavy atom. The number of aromatic nitrogens is 2. The first kappa shape index (κ1) is 23.4. The quantitative estimate of drug-likeness (QED) is 0.207. The first-order valence-corrected chi connectivity index (χ1v) is 14.6. The molecule has 7 aromatic rings. The molecule has 6 aromatic carbocycles. The molecule has 2 aliphatic heterocycles. The van der Waals surface area contributed by atoms with E-state index in [0.29, 0.717) is 0 Å². The lowest BCUT2D eigenvalue weighted by Crippen LogP contribution is -2.21. The second kappa shape index (κ2) is 8.69. The first-order valence-electron chi connectivity index (χ1n) is 14.6. The molecule has 0 saturated carbocycles. The molecule has 3 aliphatic rings. The minimum atomic E-state index is 0.797. The number of hydrogen-bond donors (Lipinski definition) is 0. The second-order valence-electron chi connectivity index (χ2n) is 11.0. The molecule has 0 amide bonds. The third kappa shape index (κ3) is 3.08. The molecular weight excluding hydrogens is 544 g/mol. The predicted octanol–water partition coefficient (Wildman–Crippen LogP) is 10.4. The normalized spacial score (nSPS) is 13.3. The van der Waals surface area contributed by atoms with Crippen LogP contribution in [0.3, 0.4) is 0 Å². The highest BCUT2D eigenvalue weighted by Gasteiger charge is 2.36. The molecule has 0 fully saturated rings. The monoisotopic (exact) mass is 566 g/mol. The van der Waals surface area contributed by atoms with Crippen LogP contribution in [0.2, 0.25) is 0 Å². The van der Waals surface area contributed by atoms with Gasteiger partial charge in [-0.2, -0.15) is 0 Å². The van der Waals surface area contributed by atoms with Gasteiger partial charge in [-0.3, -0.25) is 9.97 Å². The Hall–Kier alpha value is -6.14. The number of anilines is 6. The molecule has 44 heavy (non-hydrogen) atoms. The predicted molar refractivity (Wildman–Crippen MR) is 173 cm³/mol. The molecule has 6 nitrogen and oxygen atoms in total. The SMILES string of the molecule is c1ccc2c(c1)Oc1ccccc1N2c1cc2c3c(cccc3c1N1c3ccccc3Oc3ccccc31)-c1nccnc1-2. The lowest BCUT2D eigenvalue weighted by Gasteiger charge is -2.39. The summed E-state index contributed by atoms with van der Waals surface area (Å²) >= 11 is 0. The van der Waals surface area contributed by atoms with Crippen molar-refractivity contribution in [2.75, 3.05) is 9.80 Å². The van der Waals surface area contributed by atoms with E-state index in [-0.39, 0.29) is 0 Å². The summed E-state index contributed by atoms with van der Waals surface area (Å²) in [6.45, 7) is 0. The average Bonchev–Trinajstić information content (AvgIpc) is 3.41. The zero-order valence-corrected chi connectivity index (χ0v) is 23.3. The summed E-state index contributed by atoms with van der Waals surface area (Å²) in [5, 5.41) is 2.24. The summed E-state index contributed by atoms with van der Waals surface area (Å²) in [5.74, 6) is 3.19. The first-order chi connectivity index (χ1) is 21.8. The average molecular weight is 567 g/mol. The van der Waals surface area contributed by atoms with Crippen LogP contribution in [-0.2, 0) is 0 Å². The maximum atomic E-state index is 6.45. The highest BCUT2D eigenvalue weighted by molar-refractivity contribution is 6.21. The molecule has 206 valence electrons. The Morgan fingerprint density at radius 2 is 0.909 bits per heavy atom. The summed E-state index contributed by atoms with van der Waals surface area (Å²) < 4.78 is 12.9. The Balaban J connectivity index is 1.39. The Labute approximate surface area is 253 Å². The molecule has 0 spiro atoms. The van der Waals surface area contributed by atoms with Crippen molar-refractivity contribution in [3.63, 3.8) is 0 Å². The van der Waals surface area contributed by atoms with Crippen molar-refractivity contribution in [1.82, 2.24) is 9.97 Å². The zero-order valence-electron chi connectivity index (χ0n) is 23.3. The zero-order chi connectivity index (χ0) is 28.8. The van der Waals surface area contributed by atoms with E-state index in [4.69, 9.17) is 19.4 Å². The van der Waals surface area contributed by atoms with Crippen molar-refractivity contribution >= 4 is 44.9 Å². The number of nitrogens with zero attached hydrogens (tertiary/aromatic N) is 4. The van der Waals surface area contributed by atoms with Crippen LogP contribution < -0.4 is 19.3 Å². The number of para-hydroxylation sites is 8. The molecule has 1 aliphatic carbocycles. The van der Waals surface area contributed by atoms with Crippen LogP contribution in [0.5, 0.6) is 23.0 Å². The summed E-state index contributed by atoms with van der Waals surface area (Å²) in [5.41, 5.74) is 9.84. The molecule has 10 rings (SSSR count). The molecule has 6 heteroatoms. The minimum absolute atomic E-state index is 0.797. The van der Waals surface area contributed by atoms with E-state index in [9.17, 15) is 0 Å². The fraction of sp³-hybridized carbons (Fsp3) is 0. The van der Waals surface area contributed by atoms with Gasteiger partial charge in [0.25, 0.3) is 0 Å². The van der Waals surface area contributed by atoms with Crippen molar-refractivity contribution < 1.29 is 9.47 Å². The summed E-state index contributed by atoms with van der Waals surface area (Å²) in [6, 6.07) is 41.6. The van der Waals surface area contributed by atoms with Crippen molar-refractivity contribution in [1.29, 1.82) is 0 Å². The maximum Gasteiger partial charge on any atom is 0.151 e. The van der Waals surface area contributed by atoms with Gasteiger partial charge in [0.1, 0.15) is 0 Å². The lowest BCUT2D eigenvalue weighted by molar-refractivity contribution is 0.476. The van der Waals surface area contributed by atoms with E-state index in [1.807, 2.05) is 48.5 Å². The van der Waals surface area contributed by atoms with Crippen LogP contribution in [0.1, 0.15) is 0 Å². The molecule has 0 radical (unpaired) electrons. The van der Waals surface area contributed by atoms with Crippen LogP contribution in [0.15, 0.2) is 134 Å². The van der Waals surface area contributed by atoms with Crippen LogP contribution in [0, 0.1) is 0 Å². The van der Waals surface area contributed by atoms with E-state index in [0.717, 1.165) is 90.4 Å². The third-order valence-corrected chi connectivity index (χ3v) is 8.65. The standard InChI is InChI=1S/C38H22N4O2/c1-5-16-31-26(12-1)41(27-13-2-6-17-32(27)43-31)30-22-25-35-23(36-37(25)40-21-20-39-36)10-9-11-24(35)38(30)42-28-14-3-7-18-33(28)44-34-19-8-4-15-29(34)42/h1-22H. The van der Waals surface area contributed by atoms with Gasteiger partial charge in [0.2, 0.25) is 0 Å². The second-order valence-corrected chi connectivity index (χ2v) is 11.0. The highest BCUT2D eigenvalue weighted by atomic mass is 16.5. The molecule has 3 heterocycles. The van der Waals surface area contributed by atoms with E-state index < -0.39 is 0 Å². The van der Waals surface area contributed by atoms with Crippen molar-refractivity contribution in [2.45, 2.75) is 0 Å². The maximum absolute atomic E-state index is 6.45. The van der Waals surface area contributed by atoms with Crippen molar-refractivity contribution in [3.8, 4) is 45.5 Å². The van der Waals surface area contributed by atoms with Gasteiger partial charge in [-0.15, -0.1) is 0 Å². The summed E-state index contributed by atoms with van der Waals surface area (Å²) in [6.07, 6.45) is 3.55. The van der Waals surface area contributed by atoms with Gasteiger partial charge in [-0.1, -0.05) is 66.7 Å². The van der Waals surface area contributed by atoms with E-state index in [1.54, 1.807) is 12.4 Å². The number of hydrogen-bond acceptors (Lipinski definition) is 6. The summed E-state index contributed by atoms with van der Waals surface area (Å²) in [4.78, 5) is 14.3. The number of fused-ring (bicyclic) bond motifs is 7. The van der Waals surface area contributed by atoms with Gasteiger partial charge in [0, 0.05) is 34.3 Å². The smallest absolute Gasteiger partial charge is 0.151 e. The number of benzene rings is 6. The lowest BCUT2D eigenvalue weighted by atomic mass is 9.97. The van der Waals surface area contributed by atoms with Crippen LogP contribution >= 0.6 is 0 Å². The van der Waals surface area contributed by atoms with Crippen LogP contribution in [0.4, 0.5) is 34.1 Å². The largest absolute Gasteiger partial charge is 0.453 e. The molecule has 0 N–H and O–H groups in total. The van der Waals surface area contributed by atoms with Gasteiger partial charge >= 0.3 is 0 Å². The number of rotatable bonds is 2. The van der Waals surface area contributed by atoms with E-state index in [2.05, 4.69) is 82.6 Å². The Kier molecular flexibility index (Phi) is 4.63. The number of ether oxygens (including phenoxy) is 2. The fourth-order valence-corrected chi connectivity index (χ4v) is 6.89. The van der Waals surface area contributed by atoms with Gasteiger partial charge < -0.3 is 19.3 Å². The van der Waals surface area contributed by atoms with Crippen molar-refractivity contribution in [3.05, 3.63) is 134 Å². The minimum Gasteiger partial charge on any atom is -0.453 e. The highest BCUT2D eigenvalue weighted by Crippen LogP contribution is 2.61. The molecule has 0 unspecified atom stereocenters. The fourth-order valence-electron chi connectivity index (χ4n) is 6.89.